The standard InChI is InChI=1S/C17H13Cl2N3O2S/c1-11-7-13(19)5-6-15(11)24-16(23)9-25-17-21-20-10-22(17)14-4-2-3-12(18)8-14/h2-8,10H,9H2,1H3. The highest BCUT2D eigenvalue weighted by Crippen LogP contribution is 2.24. The lowest BCUT2D eigenvalue weighted by atomic mass is 10.2. The van der Waals surface area contributed by atoms with Gasteiger partial charge in [-0.15, -0.1) is 10.2 Å². The van der Waals surface area contributed by atoms with Crippen molar-refractivity contribution in [2.75, 3.05) is 5.75 Å². The summed E-state index contributed by atoms with van der Waals surface area (Å²) in [6.45, 7) is 1.83. The molecule has 0 spiro atoms. The van der Waals surface area contributed by atoms with Crippen molar-refractivity contribution in [3.05, 3.63) is 64.4 Å². The number of hydrogen-bond donors (Lipinski definition) is 0. The number of hydrogen-bond acceptors (Lipinski definition) is 5. The van der Waals surface area contributed by atoms with Crippen molar-refractivity contribution >= 4 is 40.9 Å². The first kappa shape index (κ1) is 17.8. The molecule has 1 heterocycles. The summed E-state index contributed by atoms with van der Waals surface area (Å²) in [7, 11) is 0. The molecule has 0 aliphatic heterocycles. The van der Waals surface area contributed by atoms with Gasteiger partial charge in [0.2, 0.25) is 0 Å². The lowest BCUT2D eigenvalue weighted by Crippen LogP contribution is -2.12. The molecule has 0 N–H and O–H groups in total. The van der Waals surface area contributed by atoms with E-state index < -0.39 is 0 Å². The Morgan fingerprint density at radius 2 is 2.00 bits per heavy atom. The predicted octanol–water partition coefficient (Wildman–Crippen LogP) is 4.58. The van der Waals surface area contributed by atoms with Crippen molar-refractivity contribution in [2.45, 2.75) is 12.1 Å². The number of carbonyl (C=O) groups is 1. The largest absolute Gasteiger partial charge is 0.426 e. The maximum atomic E-state index is 12.1. The van der Waals surface area contributed by atoms with Gasteiger partial charge in [0.05, 0.1) is 11.4 Å². The van der Waals surface area contributed by atoms with Crippen LogP contribution in [0.3, 0.4) is 0 Å². The van der Waals surface area contributed by atoms with Crippen LogP contribution >= 0.6 is 35.0 Å². The van der Waals surface area contributed by atoms with Crippen molar-refractivity contribution < 1.29 is 9.53 Å². The van der Waals surface area contributed by atoms with E-state index in [2.05, 4.69) is 10.2 Å². The molecule has 25 heavy (non-hydrogen) atoms. The van der Waals surface area contributed by atoms with E-state index in [0.717, 1.165) is 11.3 Å². The summed E-state index contributed by atoms with van der Waals surface area (Å²) in [4.78, 5) is 12.1. The van der Waals surface area contributed by atoms with Crippen LogP contribution in [-0.4, -0.2) is 26.5 Å². The summed E-state index contributed by atoms with van der Waals surface area (Å²) >= 11 is 13.1. The molecule has 8 heteroatoms. The molecule has 0 saturated heterocycles. The number of thioether (sulfide) groups is 1. The van der Waals surface area contributed by atoms with Crippen LogP contribution in [0.4, 0.5) is 0 Å². The van der Waals surface area contributed by atoms with Crippen LogP contribution in [0.15, 0.2) is 53.9 Å². The molecule has 0 atom stereocenters. The number of aromatic nitrogens is 3. The smallest absolute Gasteiger partial charge is 0.321 e. The molecular weight excluding hydrogens is 381 g/mol. The van der Waals surface area contributed by atoms with Gasteiger partial charge >= 0.3 is 5.97 Å². The van der Waals surface area contributed by atoms with E-state index in [-0.39, 0.29) is 11.7 Å². The van der Waals surface area contributed by atoms with E-state index in [1.807, 2.05) is 19.1 Å². The third kappa shape index (κ3) is 4.54. The quantitative estimate of drug-likeness (QED) is 0.360. The van der Waals surface area contributed by atoms with Gasteiger partial charge in [-0.2, -0.15) is 0 Å². The zero-order valence-electron chi connectivity index (χ0n) is 13.1. The fourth-order valence-corrected chi connectivity index (χ4v) is 3.24. The zero-order valence-corrected chi connectivity index (χ0v) is 15.5. The fraction of sp³-hybridized carbons (Fsp3) is 0.118. The van der Waals surface area contributed by atoms with E-state index in [4.69, 9.17) is 27.9 Å². The molecule has 0 saturated carbocycles. The van der Waals surface area contributed by atoms with Crippen molar-refractivity contribution in [3.8, 4) is 11.4 Å². The minimum absolute atomic E-state index is 0.0985. The SMILES string of the molecule is Cc1cc(Cl)ccc1OC(=O)CSc1nncn1-c1cccc(Cl)c1. The van der Waals surface area contributed by atoms with Gasteiger partial charge in [-0.3, -0.25) is 9.36 Å². The Bertz CT molecular complexity index is 914. The topological polar surface area (TPSA) is 57.0 Å². The summed E-state index contributed by atoms with van der Waals surface area (Å²) in [5.41, 5.74) is 1.62. The summed E-state index contributed by atoms with van der Waals surface area (Å²) in [5.74, 6) is 0.212. The average Bonchev–Trinajstić information content (AvgIpc) is 3.04. The number of benzene rings is 2. The van der Waals surface area contributed by atoms with Crippen molar-refractivity contribution in [2.24, 2.45) is 0 Å². The van der Waals surface area contributed by atoms with E-state index in [1.165, 1.54) is 11.8 Å². The number of aryl methyl sites for hydroxylation is 1. The second-order valence-electron chi connectivity index (χ2n) is 5.14. The van der Waals surface area contributed by atoms with Crippen LogP contribution in [0.5, 0.6) is 5.75 Å². The summed E-state index contributed by atoms with van der Waals surface area (Å²) in [6.07, 6.45) is 1.57. The van der Waals surface area contributed by atoms with Gasteiger partial charge in [0.25, 0.3) is 0 Å². The number of carbonyl (C=O) groups excluding carboxylic acids is 1. The second-order valence-corrected chi connectivity index (χ2v) is 6.95. The highest BCUT2D eigenvalue weighted by atomic mass is 35.5. The molecule has 128 valence electrons. The van der Waals surface area contributed by atoms with Crippen LogP contribution < -0.4 is 4.74 Å². The van der Waals surface area contributed by atoms with Crippen LogP contribution in [0.1, 0.15) is 5.56 Å². The van der Waals surface area contributed by atoms with Gasteiger partial charge in [-0.1, -0.05) is 41.0 Å². The maximum Gasteiger partial charge on any atom is 0.321 e. The van der Waals surface area contributed by atoms with Gasteiger partial charge in [-0.25, -0.2) is 0 Å². The number of halogens is 2. The molecule has 0 radical (unpaired) electrons. The minimum atomic E-state index is -0.379. The summed E-state index contributed by atoms with van der Waals surface area (Å²) < 4.78 is 7.13. The molecule has 0 bridgehead atoms. The Morgan fingerprint density at radius 3 is 2.76 bits per heavy atom. The molecule has 0 unspecified atom stereocenters. The molecule has 3 aromatic rings. The molecule has 0 amide bonds. The van der Waals surface area contributed by atoms with Crippen LogP contribution in [-0.2, 0) is 4.79 Å². The first-order valence-corrected chi connectivity index (χ1v) is 9.02. The minimum Gasteiger partial charge on any atom is -0.426 e. The van der Waals surface area contributed by atoms with Crippen molar-refractivity contribution in [1.82, 2.24) is 14.8 Å². The molecule has 0 aliphatic rings. The van der Waals surface area contributed by atoms with Gasteiger partial charge in [0, 0.05) is 10.0 Å². The molecule has 5 nitrogen and oxygen atoms in total. The molecule has 3 rings (SSSR count). The van der Waals surface area contributed by atoms with E-state index in [1.54, 1.807) is 41.2 Å². The number of esters is 1. The van der Waals surface area contributed by atoms with Gasteiger partial charge in [0.1, 0.15) is 12.1 Å². The van der Waals surface area contributed by atoms with Crippen molar-refractivity contribution in [1.29, 1.82) is 0 Å². The van der Waals surface area contributed by atoms with Crippen LogP contribution in [0.25, 0.3) is 5.69 Å². The molecule has 1 aromatic heterocycles. The monoisotopic (exact) mass is 393 g/mol. The lowest BCUT2D eigenvalue weighted by Gasteiger charge is -2.08. The Hall–Kier alpha value is -2.02. The number of nitrogens with zero attached hydrogens (tertiary/aromatic N) is 3. The average molecular weight is 394 g/mol. The highest BCUT2D eigenvalue weighted by molar-refractivity contribution is 7.99. The second kappa shape index (κ2) is 7.91. The Balaban J connectivity index is 1.66. The molecule has 2 aromatic carbocycles. The van der Waals surface area contributed by atoms with Gasteiger partial charge < -0.3 is 4.74 Å². The Kier molecular flexibility index (Phi) is 5.63. The molecule has 0 fully saturated rings. The van der Waals surface area contributed by atoms with Gasteiger partial charge in [0.15, 0.2) is 5.16 Å². The molecular formula is C17H13Cl2N3O2S. The zero-order chi connectivity index (χ0) is 17.8. The normalized spacial score (nSPS) is 10.7. The summed E-state index contributed by atoms with van der Waals surface area (Å²) in [6, 6.07) is 12.4. The first-order valence-electron chi connectivity index (χ1n) is 7.28. The molecule has 0 aliphatic carbocycles. The van der Waals surface area contributed by atoms with Crippen molar-refractivity contribution in [3.63, 3.8) is 0 Å². The fourth-order valence-electron chi connectivity index (χ4n) is 2.13. The Labute approximate surface area is 158 Å². The van der Waals surface area contributed by atoms with E-state index >= 15 is 0 Å². The summed E-state index contributed by atoms with van der Waals surface area (Å²) in [5, 5.41) is 9.72. The van der Waals surface area contributed by atoms with E-state index in [9.17, 15) is 4.79 Å². The third-order valence-corrected chi connectivity index (χ3v) is 4.67. The van der Waals surface area contributed by atoms with Crippen LogP contribution in [0.2, 0.25) is 10.0 Å². The van der Waals surface area contributed by atoms with E-state index in [0.29, 0.717) is 21.0 Å². The lowest BCUT2D eigenvalue weighted by molar-refractivity contribution is -0.131. The maximum absolute atomic E-state index is 12.1. The van der Waals surface area contributed by atoms with Crippen LogP contribution in [0, 0.1) is 6.92 Å². The highest BCUT2D eigenvalue weighted by Gasteiger charge is 2.13. The predicted molar refractivity (Wildman–Crippen MR) is 98.9 cm³/mol. The number of ether oxygens (including phenoxy) is 1. The van der Waals surface area contributed by atoms with Gasteiger partial charge in [-0.05, 0) is 48.9 Å². The Morgan fingerprint density at radius 1 is 1.20 bits per heavy atom. The number of rotatable bonds is 5. The third-order valence-electron chi connectivity index (χ3n) is 3.28. The first-order chi connectivity index (χ1) is 12.0.